The first kappa shape index (κ1) is 14.9. The van der Waals surface area contributed by atoms with Gasteiger partial charge in [0.2, 0.25) is 5.91 Å². The van der Waals surface area contributed by atoms with Crippen LogP contribution in [-0.4, -0.2) is 22.6 Å². The number of carbonyl (C=O) groups excluding carboxylic acids is 2. The molecule has 0 heterocycles. The number of nitrogens with two attached hydrogens (primary N) is 1. The Morgan fingerprint density at radius 2 is 1.95 bits per heavy atom. The summed E-state index contributed by atoms with van der Waals surface area (Å²) in [5.74, 6) is -1.11. The first-order valence-corrected chi connectivity index (χ1v) is 5.69. The van der Waals surface area contributed by atoms with Crippen LogP contribution >= 0.6 is 0 Å². The number of benzene rings is 1. The zero-order chi connectivity index (χ0) is 14.6. The van der Waals surface area contributed by atoms with Crippen molar-refractivity contribution in [2.24, 2.45) is 5.73 Å². The second-order valence-electron chi connectivity index (χ2n) is 4.32. The molecule has 0 aliphatic carbocycles. The molecule has 4 N–H and O–H groups in total. The minimum Gasteiger partial charge on any atom is -0.733 e. The van der Waals surface area contributed by atoms with Gasteiger partial charge in [0.05, 0.1) is 5.69 Å². The monoisotopic (exact) mass is 266 g/mol. The third-order valence-electron chi connectivity index (χ3n) is 2.99. The minimum atomic E-state index is -1.13. The van der Waals surface area contributed by atoms with Crippen molar-refractivity contribution >= 4 is 17.5 Å². The highest BCUT2D eigenvalue weighted by atomic mass is 16.8. The molecule has 0 fully saturated rings. The molecule has 1 unspecified atom stereocenters. The fraction of sp³-hybridized carbons (Fsp3) is 0.333. The van der Waals surface area contributed by atoms with E-state index in [1.165, 1.54) is 31.2 Å². The van der Waals surface area contributed by atoms with Gasteiger partial charge < -0.3 is 21.5 Å². The Bertz CT molecular complexity index is 472. The number of rotatable bonds is 5. The summed E-state index contributed by atoms with van der Waals surface area (Å²) < 4.78 is 0. The predicted molar refractivity (Wildman–Crippen MR) is 69.4 cm³/mol. The topological polar surface area (TPSA) is 119 Å². The Balaban J connectivity index is 2.86. The summed E-state index contributed by atoms with van der Waals surface area (Å²) in [6, 6.07) is 5.30. The van der Waals surface area contributed by atoms with E-state index in [-0.39, 0.29) is 16.5 Å². The molecule has 0 aromatic heterocycles. The molecular formula is C12H16N3O4-. The molecule has 104 valence electrons. The van der Waals surface area contributed by atoms with Crippen molar-refractivity contribution < 1.29 is 14.8 Å². The Labute approximate surface area is 110 Å². The number of nitrogens with one attached hydrogen (secondary N) is 1. The molecule has 7 heteroatoms. The molecule has 0 aliphatic heterocycles. The summed E-state index contributed by atoms with van der Waals surface area (Å²) in [5.41, 5.74) is 4.37. The largest absolute Gasteiger partial charge is 0.733 e. The fourth-order valence-electron chi connectivity index (χ4n) is 1.39. The normalized spacial score (nSPS) is 13.5. The number of anilines is 1. The van der Waals surface area contributed by atoms with Crippen LogP contribution in [0.2, 0.25) is 0 Å². The van der Waals surface area contributed by atoms with Gasteiger partial charge in [-0.3, -0.25) is 14.8 Å². The molecule has 2 amide bonds. The zero-order valence-electron chi connectivity index (χ0n) is 10.7. The highest BCUT2D eigenvalue weighted by Gasteiger charge is 2.30. The summed E-state index contributed by atoms with van der Waals surface area (Å²) >= 11 is 0. The van der Waals surface area contributed by atoms with E-state index < -0.39 is 17.4 Å². The van der Waals surface area contributed by atoms with Gasteiger partial charge in [0.15, 0.2) is 0 Å². The van der Waals surface area contributed by atoms with Crippen LogP contribution in [0.25, 0.3) is 0 Å². The lowest BCUT2D eigenvalue weighted by Gasteiger charge is -2.26. The summed E-state index contributed by atoms with van der Waals surface area (Å²) in [4.78, 5) is 23.2. The van der Waals surface area contributed by atoms with Crippen molar-refractivity contribution in [1.82, 2.24) is 5.32 Å². The van der Waals surface area contributed by atoms with Crippen molar-refractivity contribution in [2.45, 2.75) is 25.8 Å². The van der Waals surface area contributed by atoms with Crippen LogP contribution in [0.1, 0.15) is 30.6 Å². The van der Waals surface area contributed by atoms with E-state index in [9.17, 15) is 14.8 Å². The fourth-order valence-corrected chi connectivity index (χ4v) is 1.39. The molecule has 1 aromatic carbocycles. The Kier molecular flexibility index (Phi) is 4.47. The molecule has 1 atom stereocenters. The first-order chi connectivity index (χ1) is 8.80. The molecule has 7 nitrogen and oxygen atoms in total. The number of amides is 2. The Morgan fingerprint density at radius 3 is 2.32 bits per heavy atom. The second kappa shape index (κ2) is 5.68. The molecule has 0 saturated heterocycles. The molecule has 0 aliphatic rings. The number of carbonyl (C=O) groups is 2. The van der Waals surface area contributed by atoms with Crippen LogP contribution in [0.5, 0.6) is 0 Å². The van der Waals surface area contributed by atoms with E-state index in [1.54, 1.807) is 6.92 Å². The average molecular weight is 266 g/mol. The van der Waals surface area contributed by atoms with E-state index in [4.69, 9.17) is 10.9 Å². The van der Waals surface area contributed by atoms with Gasteiger partial charge in [-0.1, -0.05) is 6.92 Å². The van der Waals surface area contributed by atoms with E-state index in [2.05, 4.69) is 5.32 Å². The molecule has 0 bridgehead atoms. The smallest absolute Gasteiger partial charge is 0.252 e. The van der Waals surface area contributed by atoms with Crippen molar-refractivity contribution in [1.29, 1.82) is 0 Å². The first-order valence-electron chi connectivity index (χ1n) is 5.69. The molecule has 0 radical (unpaired) electrons. The third kappa shape index (κ3) is 3.43. The predicted octanol–water partition coefficient (Wildman–Crippen LogP) is 0.764. The lowest BCUT2D eigenvalue weighted by atomic mass is 9.97. The molecule has 0 spiro atoms. The van der Waals surface area contributed by atoms with E-state index in [0.717, 1.165) is 0 Å². The highest BCUT2D eigenvalue weighted by Crippen LogP contribution is 2.14. The van der Waals surface area contributed by atoms with Crippen LogP contribution in [0, 0.1) is 5.21 Å². The molecular weight excluding hydrogens is 250 g/mol. The van der Waals surface area contributed by atoms with Crippen LogP contribution in [0.3, 0.4) is 0 Å². The number of hydrogen-bond donors (Lipinski definition) is 3. The van der Waals surface area contributed by atoms with Crippen molar-refractivity contribution in [3.8, 4) is 0 Å². The second-order valence-corrected chi connectivity index (χ2v) is 4.32. The van der Waals surface area contributed by atoms with Crippen LogP contribution < -0.4 is 16.3 Å². The third-order valence-corrected chi connectivity index (χ3v) is 2.99. The number of hydrogen-bond acceptors (Lipinski definition) is 5. The lowest BCUT2D eigenvalue weighted by molar-refractivity contribution is -0.123. The number of primary amides is 1. The quantitative estimate of drug-likeness (QED) is 0.680. The zero-order valence-corrected chi connectivity index (χ0v) is 10.7. The SMILES string of the molecule is CCC(C)(NC(=O)c1ccc(N([O-])O)cc1)C(N)=O. The molecule has 1 aromatic rings. The lowest BCUT2D eigenvalue weighted by Crippen LogP contribution is -2.54. The average Bonchev–Trinajstić information content (AvgIpc) is 2.38. The maximum atomic E-state index is 11.9. The van der Waals surface area contributed by atoms with E-state index >= 15 is 0 Å². The van der Waals surface area contributed by atoms with Gasteiger partial charge in [0.25, 0.3) is 5.91 Å². The minimum absolute atomic E-state index is 0.00436. The standard InChI is InChI=1S/C12H16N3O4/c1-3-12(2,11(13)17)14-10(16)8-4-6-9(7-5-8)15(18)19/h4-7,18H,3H2,1-2H3,(H2,13,17)(H,14,16)/q-1. The van der Waals surface area contributed by atoms with Gasteiger partial charge in [-0.25, -0.2) is 0 Å². The highest BCUT2D eigenvalue weighted by molar-refractivity contribution is 5.98. The van der Waals surface area contributed by atoms with Gasteiger partial charge in [-0.05, 0) is 37.6 Å². The summed E-state index contributed by atoms with van der Waals surface area (Å²) in [6.45, 7) is 3.27. The van der Waals surface area contributed by atoms with Crippen LogP contribution in [-0.2, 0) is 4.79 Å². The summed E-state index contributed by atoms with van der Waals surface area (Å²) in [7, 11) is 0. The summed E-state index contributed by atoms with van der Waals surface area (Å²) in [5, 5.41) is 21.5. The van der Waals surface area contributed by atoms with E-state index in [1.807, 2.05) is 0 Å². The van der Waals surface area contributed by atoms with Crippen LogP contribution in [0.4, 0.5) is 5.69 Å². The Hall–Kier alpha value is -2.12. The number of nitrogens with zero attached hydrogens (tertiary/aromatic N) is 1. The van der Waals surface area contributed by atoms with Crippen molar-refractivity contribution in [3.05, 3.63) is 35.0 Å². The Morgan fingerprint density at radius 1 is 1.42 bits per heavy atom. The van der Waals surface area contributed by atoms with Crippen LogP contribution in [0.15, 0.2) is 24.3 Å². The van der Waals surface area contributed by atoms with Gasteiger partial charge >= 0.3 is 0 Å². The van der Waals surface area contributed by atoms with Crippen molar-refractivity contribution in [2.75, 3.05) is 5.23 Å². The molecule has 1 rings (SSSR count). The van der Waals surface area contributed by atoms with Gasteiger partial charge in [0, 0.05) is 5.56 Å². The van der Waals surface area contributed by atoms with Gasteiger partial charge in [0.1, 0.15) is 5.54 Å². The van der Waals surface area contributed by atoms with Gasteiger partial charge in [-0.15, -0.1) is 0 Å². The molecule has 19 heavy (non-hydrogen) atoms. The summed E-state index contributed by atoms with van der Waals surface area (Å²) in [6.07, 6.45) is 0.358. The molecule has 0 saturated carbocycles. The van der Waals surface area contributed by atoms with Crippen molar-refractivity contribution in [3.63, 3.8) is 0 Å². The maximum Gasteiger partial charge on any atom is 0.252 e. The van der Waals surface area contributed by atoms with Gasteiger partial charge in [-0.2, -0.15) is 0 Å². The maximum absolute atomic E-state index is 11.9. The van der Waals surface area contributed by atoms with E-state index in [0.29, 0.717) is 6.42 Å².